The van der Waals surface area contributed by atoms with Crippen molar-refractivity contribution in [2.45, 2.75) is 19.8 Å². The first-order valence-corrected chi connectivity index (χ1v) is 4.07. The Balaban J connectivity index is 2.89. The van der Waals surface area contributed by atoms with E-state index in [0.29, 0.717) is 5.92 Å². The number of allylic oxidation sites excluding steroid dienone is 3. The minimum absolute atomic E-state index is 0.673. The number of aliphatic imine (C=N–C) groups is 1. The van der Waals surface area contributed by atoms with Gasteiger partial charge in [-0.3, -0.25) is 4.99 Å². The smallest absolute Gasteiger partial charge is 0.0277 e. The van der Waals surface area contributed by atoms with Crippen LogP contribution in [0.5, 0.6) is 0 Å². The van der Waals surface area contributed by atoms with Crippen LogP contribution in [0.3, 0.4) is 0 Å². The van der Waals surface area contributed by atoms with E-state index in [2.05, 4.69) is 18.5 Å². The van der Waals surface area contributed by atoms with Gasteiger partial charge in [-0.15, -0.1) is 0 Å². The van der Waals surface area contributed by atoms with E-state index in [-0.39, 0.29) is 0 Å². The number of nitrogens with zero attached hydrogens (tertiary/aromatic N) is 1. The summed E-state index contributed by atoms with van der Waals surface area (Å²) in [5.41, 5.74) is 2.76. The van der Waals surface area contributed by atoms with Gasteiger partial charge in [-0.2, -0.15) is 0 Å². The molecule has 1 heteroatoms. The normalized spacial score (nSPS) is 25.1. The molecule has 0 bridgehead atoms. The van der Waals surface area contributed by atoms with E-state index in [9.17, 15) is 0 Å². The Bertz CT molecular complexity index is 211. The average Bonchev–Trinajstić information content (AvgIpc) is 2.34. The standard InChI is InChI=1S/C10H15N/c1-4-9-6-5-8(2)10(9)7-11-3/h4,7-8H,1,5-6H2,2-3H3. The molecule has 0 heterocycles. The molecule has 0 amide bonds. The average molecular weight is 149 g/mol. The van der Waals surface area contributed by atoms with Gasteiger partial charge in [0.1, 0.15) is 0 Å². The predicted molar refractivity (Wildman–Crippen MR) is 50.0 cm³/mol. The van der Waals surface area contributed by atoms with Crippen molar-refractivity contribution in [3.63, 3.8) is 0 Å². The van der Waals surface area contributed by atoms with E-state index in [1.807, 2.05) is 19.3 Å². The number of rotatable bonds is 2. The lowest BCUT2D eigenvalue weighted by Crippen LogP contribution is -1.94. The zero-order valence-corrected chi connectivity index (χ0v) is 7.30. The Kier molecular flexibility index (Phi) is 2.64. The summed E-state index contributed by atoms with van der Waals surface area (Å²) in [5.74, 6) is 0.673. The molecule has 1 nitrogen and oxygen atoms in total. The second-order valence-electron chi connectivity index (χ2n) is 3.01. The predicted octanol–water partition coefficient (Wildman–Crippen LogP) is 2.60. The van der Waals surface area contributed by atoms with Crippen LogP contribution in [0.2, 0.25) is 0 Å². The first-order valence-electron chi connectivity index (χ1n) is 4.07. The van der Waals surface area contributed by atoms with Crippen molar-refractivity contribution >= 4 is 6.21 Å². The molecular formula is C10H15N. The van der Waals surface area contributed by atoms with Crippen LogP contribution in [0.1, 0.15) is 19.8 Å². The summed E-state index contributed by atoms with van der Waals surface area (Å²) < 4.78 is 0. The van der Waals surface area contributed by atoms with Crippen molar-refractivity contribution in [1.82, 2.24) is 0 Å². The Labute approximate surface area is 68.5 Å². The Morgan fingerprint density at radius 1 is 1.64 bits per heavy atom. The third kappa shape index (κ3) is 1.59. The molecule has 1 aliphatic rings. The van der Waals surface area contributed by atoms with Crippen LogP contribution >= 0.6 is 0 Å². The van der Waals surface area contributed by atoms with Gasteiger partial charge in [-0.05, 0) is 29.9 Å². The van der Waals surface area contributed by atoms with Gasteiger partial charge in [0, 0.05) is 13.3 Å². The second kappa shape index (κ2) is 3.51. The molecular weight excluding hydrogens is 134 g/mol. The summed E-state index contributed by atoms with van der Waals surface area (Å²) in [7, 11) is 1.82. The summed E-state index contributed by atoms with van der Waals surface area (Å²) >= 11 is 0. The van der Waals surface area contributed by atoms with Crippen molar-refractivity contribution in [2.75, 3.05) is 7.05 Å². The molecule has 0 radical (unpaired) electrons. The minimum Gasteiger partial charge on any atom is -0.296 e. The molecule has 60 valence electrons. The van der Waals surface area contributed by atoms with Crippen LogP contribution < -0.4 is 0 Å². The van der Waals surface area contributed by atoms with Gasteiger partial charge in [-0.25, -0.2) is 0 Å². The first-order chi connectivity index (χ1) is 5.29. The van der Waals surface area contributed by atoms with E-state index in [1.54, 1.807) is 0 Å². The van der Waals surface area contributed by atoms with Gasteiger partial charge in [0.25, 0.3) is 0 Å². The molecule has 0 aliphatic heterocycles. The second-order valence-corrected chi connectivity index (χ2v) is 3.01. The Morgan fingerprint density at radius 2 is 2.36 bits per heavy atom. The summed E-state index contributed by atoms with van der Waals surface area (Å²) in [5, 5.41) is 0. The van der Waals surface area contributed by atoms with E-state index in [1.165, 1.54) is 24.0 Å². The fourth-order valence-corrected chi connectivity index (χ4v) is 1.56. The Morgan fingerprint density at radius 3 is 2.91 bits per heavy atom. The fourth-order valence-electron chi connectivity index (χ4n) is 1.56. The van der Waals surface area contributed by atoms with Crippen molar-refractivity contribution in [2.24, 2.45) is 10.9 Å². The highest BCUT2D eigenvalue weighted by Crippen LogP contribution is 2.30. The SMILES string of the molecule is C=CC1=C(C=NC)C(C)CC1. The molecule has 0 aromatic carbocycles. The van der Waals surface area contributed by atoms with Gasteiger partial charge in [0.05, 0.1) is 0 Å². The van der Waals surface area contributed by atoms with Crippen LogP contribution in [0.25, 0.3) is 0 Å². The van der Waals surface area contributed by atoms with E-state index in [0.717, 1.165) is 0 Å². The largest absolute Gasteiger partial charge is 0.296 e. The van der Waals surface area contributed by atoms with Gasteiger partial charge in [0.15, 0.2) is 0 Å². The van der Waals surface area contributed by atoms with Crippen molar-refractivity contribution in [1.29, 1.82) is 0 Å². The maximum atomic E-state index is 4.04. The molecule has 0 spiro atoms. The van der Waals surface area contributed by atoms with Crippen molar-refractivity contribution in [3.05, 3.63) is 23.8 Å². The van der Waals surface area contributed by atoms with Crippen LogP contribution in [-0.2, 0) is 0 Å². The van der Waals surface area contributed by atoms with Gasteiger partial charge < -0.3 is 0 Å². The molecule has 11 heavy (non-hydrogen) atoms. The molecule has 1 atom stereocenters. The maximum absolute atomic E-state index is 4.04. The molecule has 1 rings (SSSR count). The zero-order chi connectivity index (χ0) is 8.27. The fraction of sp³-hybridized carbons (Fsp3) is 0.500. The third-order valence-corrected chi connectivity index (χ3v) is 2.26. The summed E-state index contributed by atoms with van der Waals surface area (Å²) in [6.07, 6.45) is 6.35. The van der Waals surface area contributed by atoms with Gasteiger partial charge in [-0.1, -0.05) is 19.6 Å². The van der Waals surface area contributed by atoms with E-state index in [4.69, 9.17) is 0 Å². The Hall–Kier alpha value is -0.850. The maximum Gasteiger partial charge on any atom is 0.0277 e. The lowest BCUT2D eigenvalue weighted by molar-refractivity contribution is 0.687. The van der Waals surface area contributed by atoms with Crippen LogP contribution in [0.4, 0.5) is 0 Å². The quantitative estimate of drug-likeness (QED) is 0.535. The molecule has 0 N–H and O–H groups in total. The van der Waals surface area contributed by atoms with E-state index < -0.39 is 0 Å². The lowest BCUT2D eigenvalue weighted by Gasteiger charge is -2.02. The minimum atomic E-state index is 0.673. The highest BCUT2D eigenvalue weighted by Gasteiger charge is 2.17. The lowest BCUT2D eigenvalue weighted by atomic mass is 10.0. The first kappa shape index (κ1) is 8.25. The zero-order valence-electron chi connectivity index (χ0n) is 7.30. The van der Waals surface area contributed by atoms with Gasteiger partial charge in [0.2, 0.25) is 0 Å². The summed E-state index contributed by atoms with van der Waals surface area (Å²) in [6, 6.07) is 0. The highest BCUT2D eigenvalue weighted by atomic mass is 14.6. The van der Waals surface area contributed by atoms with Crippen molar-refractivity contribution < 1.29 is 0 Å². The van der Waals surface area contributed by atoms with Gasteiger partial charge >= 0.3 is 0 Å². The topological polar surface area (TPSA) is 12.4 Å². The molecule has 0 aromatic heterocycles. The van der Waals surface area contributed by atoms with Crippen LogP contribution in [0.15, 0.2) is 28.8 Å². The van der Waals surface area contributed by atoms with Crippen LogP contribution in [-0.4, -0.2) is 13.3 Å². The molecule has 0 fully saturated rings. The monoisotopic (exact) mass is 149 g/mol. The molecule has 1 aliphatic carbocycles. The third-order valence-electron chi connectivity index (χ3n) is 2.26. The molecule has 0 saturated carbocycles. The summed E-state index contributed by atoms with van der Waals surface area (Å²) in [4.78, 5) is 4.04. The molecule has 0 saturated heterocycles. The summed E-state index contributed by atoms with van der Waals surface area (Å²) in [6.45, 7) is 6.03. The van der Waals surface area contributed by atoms with Crippen LogP contribution in [0, 0.1) is 5.92 Å². The van der Waals surface area contributed by atoms with E-state index >= 15 is 0 Å². The number of hydrogen-bond donors (Lipinski definition) is 0. The molecule has 0 aromatic rings. The highest BCUT2D eigenvalue weighted by molar-refractivity contribution is 5.81. The molecule has 1 unspecified atom stereocenters. The number of hydrogen-bond acceptors (Lipinski definition) is 1. The van der Waals surface area contributed by atoms with Crippen molar-refractivity contribution in [3.8, 4) is 0 Å².